The van der Waals surface area contributed by atoms with E-state index in [1.165, 1.54) is 4.90 Å². The van der Waals surface area contributed by atoms with Crippen molar-refractivity contribution in [3.8, 4) is 0 Å². The summed E-state index contributed by atoms with van der Waals surface area (Å²) >= 11 is 0. The summed E-state index contributed by atoms with van der Waals surface area (Å²) in [5.41, 5.74) is 0.0718. The molecule has 1 aliphatic rings. The molecule has 0 aromatic heterocycles. The number of carbonyl (C=O) groups is 3. The van der Waals surface area contributed by atoms with Crippen LogP contribution in [0, 0.1) is 0 Å². The molecule has 8 heteroatoms. The summed E-state index contributed by atoms with van der Waals surface area (Å²) in [6, 6.07) is 9.23. The van der Waals surface area contributed by atoms with E-state index in [1.54, 1.807) is 21.1 Å². The van der Waals surface area contributed by atoms with Gasteiger partial charge >= 0.3 is 6.03 Å². The van der Waals surface area contributed by atoms with Gasteiger partial charge in [0.05, 0.1) is 13.2 Å². The number of nitrogens with zero attached hydrogens (tertiary/aromatic N) is 2. The van der Waals surface area contributed by atoms with E-state index < -0.39 is 11.6 Å². The Morgan fingerprint density at radius 1 is 1.11 bits per heavy atom. The Balaban J connectivity index is 1.99. The Kier molecular flexibility index (Phi) is 7.95. The summed E-state index contributed by atoms with van der Waals surface area (Å²) in [6.07, 6.45) is 1.11. The number of amides is 4. The molecular weight excluding hydrogens is 362 g/mol. The topological polar surface area (TPSA) is 88.2 Å². The van der Waals surface area contributed by atoms with Crippen LogP contribution in [0.5, 0.6) is 0 Å². The first kappa shape index (κ1) is 21.8. The number of nitrogens with one attached hydrogen (secondary N) is 1. The van der Waals surface area contributed by atoms with E-state index in [1.807, 2.05) is 30.3 Å². The van der Waals surface area contributed by atoms with E-state index in [0.717, 1.165) is 10.5 Å². The van der Waals surface area contributed by atoms with Crippen LogP contribution in [0.25, 0.3) is 0 Å². The number of urea groups is 1. The van der Waals surface area contributed by atoms with Crippen molar-refractivity contribution >= 4 is 17.8 Å². The zero-order valence-electron chi connectivity index (χ0n) is 16.8. The summed E-state index contributed by atoms with van der Waals surface area (Å²) in [5.74, 6) is -0.690. The van der Waals surface area contributed by atoms with Crippen molar-refractivity contribution in [2.75, 3.05) is 47.1 Å². The highest BCUT2D eigenvalue weighted by atomic mass is 16.5. The van der Waals surface area contributed by atoms with E-state index in [9.17, 15) is 14.4 Å². The highest BCUT2D eigenvalue weighted by Gasteiger charge is 2.48. The van der Waals surface area contributed by atoms with Gasteiger partial charge in [-0.05, 0) is 25.3 Å². The third kappa shape index (κ3) is 5.53. The van der Waals surface area contributed by atoms with Gasteiger partial charge in [0.15, 0.2) is 0 Å². The molecule has 1 aromatic rings. The van der Waals surface area contributed by atoms with E-state index >= 15 is 0 Å². The number of carbonyl (C=O) groups excluding carboxylic acids is 3. The fourth-order valence-electron chi connectivity index (χ4n) is 3.10. The molecule has 1 aliphatic heterocycles. The van der Waals surface area contributed by atoms with Crippen LogP contribution in [0.3, 0.4) is 0 Å². The van der Waals surface area contributed by atoms with Crippen LogP contribution in [0.4, 0.5) is 4.79 Å². The zero-order valence-corrected chi connectivity index (χ0v) is 16.8. The number of benzene rings is 1. The molecule has 0 bridgehead atoms. The molecule has 0 saturated carbocycles. The Morgan fingerprint density at radius 3 is 2.29 bits per heavy atom. The molecule has 0 radical (unpaired) electrons. The molecule has 1 aromatic carbocycles. The lowest BCUT2D eigenvalue weighted by Gasteiger charge is -2.25. The van der Waals surface area contributed by atoms with Gasteiger partial charge in [0.25, 0.3) is 5.91 Å². The molecule has 154 valence electrons. The van der Waals surface area contributed by atoms with Crippen LogP contribution >= 0.6 is 0 Å². The van der Waals surface area contributed by atoms with Crippen molar-refractivity contribution in [3.05, 3.63) is 35.9 Å². The number of imide groups is 1. The SMILES string of the molecule is COCCN(CCOC)C(=O)CN1C(=O)N[C@@](C)(CCc2ccccc2)C1=O. The smallest absolute Gasteiger partial charge is 0.325 e. The first-order chi connectivity index (χ1) is 13.4. The van der Waals surface area contributed by atoms with Gasteiger partial charge in [-0.25, -0.2) is 4.79 Å². The molecule has 8 nitrogen and oxygen atoms in total. The maximum Gasteiger partial charge on any atom is 0.325 e. The molecule has 0 unspecified atom stereocenters. The summed E-state index contributed by atoms with van der Waals surface area (Å²) in [5, 5.41) is 2.75. The van der Waals surface area contributed by atoms with Gasteiger partial charge in [-0.3, -0.25) is 14.5 Å². The number of hydrogen-bond donors (Lipinski definition) is 1. The minimum absolute atomic E-state index is 0.293. The van der Waals surface area contributed by atoms with Gasteiger partial charge in [0.1, 0.15) is 12.1 Å². The predicted octanol–water partition coefficient (Wildman–Crippen LogP) is 1.05. The average Bonchev–Trinajstić information content (AvgIpc) is 2.90. The largest absolute Gasteiger partial charge is 0.383 e. The number of ether oxygens (including phenoxy) is 2. The average molecular weight is 391 g/mol. The van der Waals surface area contributed by atoms with Gasteiger partial charge in [0, 0.05) is 27.3 Å². The zero-order chi connectivity index (χ0) is 20.6. The van der Waals surface area contributed by atoms with Crippen LogP contribution in [0.1, 0.15) is 18.9 Å². The number of hydrogen-bond acceptors (Lipinski definition) is 5. The lowest BCUT2D eigenvalue weighted by atomic mass is 9.93. The minimum atomic E-state index is -1.02. The molecule has 1 atom stereocenters. The molecule has 1 saturated heterocycles. The molecular formula is C20H29N3O5. The normalized spacial score (nSPS) is 19.0. The van der Waals surface area contributed by atoms with Crippen molar-refractivity contribution in [2.24, 2.45) is 0 Å². The Hall–Kier alpha value is -2.45. The second-order valence-corrected chi connectivity index (χ2v) is 7.01. The first-order valence-corrected chi connectivity index (χ1v) is 9.35. The summed E-state index contributed by atoms with van der Waals surface area (Å²) in [7, 11) is 3.10. The van der Waals surface area contributed by atoms with Crippen molar-refractivity contribution < 1.29 is 23.9 Å². The third-order valence-corrected chi connectivity index (χ3v) is 4.88. The van der Waals surface area contributed by atoms with E-state index in [0.29, 0.717) is 39.1 Å². The summed E-state index contributed by atoms with van der Waals surface area (Å²) in [6.45, 7) is 2.88. The number of rotatable bonds is 11. The standard InChI is InChI=1S/C20H29N3O5/c1-20(10-9-16-7-5-4-6-8-16)18(25)23(19(26)21-20)15-17(24)22(11-13-27-2)12-14-28-3/h4-8H,9-15H2,1-3H3,(H,21,26)/t20-/m0/s1. The quantitative estimate of drug-likeness (QED) is 0.570. The second kappa shape index (κ2) is 10.2. The molecule has 1 fully saturated rings. The minimum Gasteiger partial charge on any atom is -0.383 e. The molecule has 28 heavy (non-hydrogen) atoms. The van der Waals surface area contributed by atoms with Gasteiger partial charge in [-0.1, -0.05) is 30.3 Å². The fraction of sp³-hybridized carbons (Fsp3) is 0.550. The lowest BCUT2D eigenvalue weighted by molar-refractivity contribution is -0.139. The van der Waals surface area contributed by atoms with Crippen LogP contribution < -0.4 is 5.32 Å². The predicted molar refractivity (Wildman–Crippen MR) is 104 cm³/mol. The van der Waals surface area contributed by atoms with Crippen molar-refractivity contribution in [1.82, 2.24) is 15.1 Å². The number of methoxy groups -OCH3 is 2. The summed E-state index contributed by atoms with van der Waals surface area (Å²) in [4.78, 5) is 40.4. The molecule has 1 heterocycles. The molecule has 2 rings (SSSR count). The Bertz CT molecular complexity index is 674. The second-order valence-electron chi connectivity index (χ2n) is 7.01. The first-order valence-electron chi connectivity index (χ1n) is 9.35. The Labute approximate surface area is 165 Å². The van der Waals surface area contributed by atoms with Crippen molar-refractivity contribution in [2.45, 2.75) is 25.3 Å². The molecule has 0 spiro atoms. The van der Waals surface area contributed by atoms with E-state index in [2.05, 4.69) is 5.32 Å². The highest BCUT2D eigenvalue weighted by molar-refractivity contribution is 6.08. The monoisotopic (exact) mass is 391 g/mol. The lowest BCUT2D eigenvalue weighted by Crippen LogP contribution is -2.47. The van der Waals surface area contributed by atoms with E-state index in [-0.39, 0.29) is 18.4 Å². The maximum absolute atomic E-state index is 12.9. The Morgan fingerprint density at radius 2 is 1.71 bits per heavy atom. The van der Waals surface area contributed by atoms with Crippen molar-refractivity contribution in [1.29, 1.82) is 0 Å². The van der Waals surface area contributed by atoms with Crippen LogP contribution in [-0.4, -0.2) is 80.3 Å². The summed E-state index contributed by atoms with van der Waals surface area (Å²) < 4.78 is 10.1. The van der Waals surface area contributed by atoms with Crippen LogP contribution in [-0.2, 0) is 25.5 Å². The van der Waals surface area contributed by atoms with Crippen LogP contribution in [0.2, 0.25) is 0 Å². The van der Waals surface area contributed by atoms with Crippen LogP contribution in [0.15, 0.2) is 30.3 Å². The fourth-order valence-corrected chi connectivity index (χ4v) is 3.10. The van der Waals surface area contributed by atoms with Gasteiger partial charge in [-0.15, -0.1) is 0 Å². The van der Waals surface area contributed by atoms with Crippen molar-refractivity contribution in [3.63, 3.8) is 0 Å². The number of aryl methyl sites for hydroxylation is 1. The van der Waals surface area contributed by atoms with Gasteiger partial charge in [-0.2, -0.15) is 0 Å². The van der Waals surface area contributed by atoms with Gasteiger partial charge in [0.2, 0.25) is 5.91 Å². The molecule has 4 amide bonds. The maximum atomic E-state index is 12.9. The highest BCUT2D eigenvalue weighted by Crippen LogP contribution is 2.23. The molecule has 1 N–H and O–H groups in total. The van der Waals surface area contributed by atoms with Gasteiger partial charge < -0.3 is 19.7 Å². The third-order valence-electron chi connectivity index (χ3n) is 4.88. The molecule has 0 aliphatic carbocycles. The van der Waals surface area contributed by atoms with E-state index in [4.69, 9.17) is 9.47 Å².